The highest BCUT2D eigenvalue weighted by atomic mass is 79.9. The molecule has 6 nitrogen and oxygen atoms in total. The molecule has 1 aromatic carbocycles. The van der Waals surface area contributed by atoms with Crippen molar-refractivity contribution < 1.29 is 28.6 Å². The van der Waals surface area contributed by atoms with Gasteiger partial charge in [-0.1, -0.05) is 0 Å². The summed E-state index contributed by atoms with van der Waals surface area (Å²) in [5.41, 5.74) is 0. The van der Waals surface area contributed by atoms with Crippen molar-refractivity contribution in [2.75, 3.05) is 0 Å². The van der Waals surface area contributed by atoms with Gasteiger partial charge in [-0.05, 0) is 31.9 Å². The predicted octanol–water partition coefficient (Wildman–Crippen LogP) is 2.99. The van der Waals surface area contributed by atoms with Gasteiger partial charge in [-0.3, -0.25) is 14.4 Å². The molecule has 0 unspecified atom stereocenters. The molecule has 0 saturated carbocycles. The first-order valence-electron chi connectivity index (χ1n) is 5.29. The number of benzene rings is 1. The van der Waals surface area contributed by atoms with E-state index in [2.05, 4.69) is 31.9 Å². The molecule has 0 radical (unpaired) electrons. The minimum atomic E-state index is -0.652. The topological polar surface area (TPSA) is 78.9 Å². The third-order valence-corrected chi connectivity index (χ3v) is 3.79. The van der Waals surface area contributed by atoms with Crippen LogP contribution in [0, 0.1) is 0 Å². The van der Waals surface area contributed by atoms with E-state index in [1.807, 2.05) is 0 Å². The van der Waals surface area contributed by atoms with Gasteiger partial charge < -0.3 is 14.2 Å². The fourth-order valence-corrected chi connectivity index (χ4v) is 2.03. The Balaban J connectivity index is 3.49. The molecule has 0 atom stereocenters. The lowest BCUT2D eigenvalue weighted by Crippen LogP contribution is -2.11. The summed E-state index contributed by atoms with van der Waals surface area (Å²) in [6.07, 6.45) is 0. The van der Waals surface area contributed by atoms with Gasteiger partial charge in [0.05, 0.1) is 4.47 Å². The second-order valence-corrected chi connectivity index (χ2v) is 5.26. The fourth-order valence-electron chi connectivity index (χ4n) is 1.27. The highest BCUT2D eigenvalue weighted by molar-refractivity contribution is 9.13. The first-order chi connectivity index (χ1) is 9.22. The summed E-state index contributed by atoms with van der Waals surface area (Å²) in [5, 5.41) is 0. The number of rotatable bonds is 3. The van der Waals surface area contributed by atoms with Gasteiger partial charge >= 0.3 is 17.9 Å². The van der Waals surface area contributed by atoms with E-state index in [1.165, 1.54) is 26.8 Å². The number of carbonyl (C=O) groups is 3. The largest absolute Gasteiger partial charge is 0.423 e. The van der Waals surface area contributed by atoms with Gasteiger partial charge in [0.25, 0.3) is 0 Å². The van der Waals surface area contributed by atoms with E-state index in [4.69, 9.17) is 14.2 Å². The van der Waals surface area contributed by atoms with E-state index in [-0.39, 0.29) is 17.2 Å². The smallest absolute Gasteiger partial charge is 0.308 e. The number of esters is 3. The number of hydrogen-bond acceptors (Lipinski definition) is 6. The van der Waals surface area contributed by atoms with Gasteiger partial charge in [0.1, 0.15) is 0 Å². The van der Waals surface area contributed by atoms with Crippen molar-refractivity contribution in [1.82, 2.24) is 0 Å². The zero-order valence-corrected chi connectivity index (χ0v) is 14.0. The summed E-state index contributed by atoms with van der Waals surface area (Å²) in [6.45, 7) is 3.56. The summed E-state index contributed by atoms with van der Waals surface area (Å²) in [6, 6.07) is 1.41. The van der Waals surface area contributed by atoms with E-state index in [1.54, 1.807) is 0 Å². The van der Waals surface area contributed by atoms with Crippen molar-refractivity contribution in [3.05, 3.63) is 15.0 Å². The molecule has 0 amide bonds. The Labute approximate surface area is 131 Å². The van der Waals surface area contributed by atoms with Crippen LogP contribution in [0.2, 0.25) is 0 Å². The molecule has 0 aliphatic heterocycles. The molecule has 8 heteroatoms. The maximum atomic E-state index is 11.2. The molecular formula is C12H10Br2O6. The molecule has 0 saturated heterocycles. The Hall–Kier alpha value is -1.41. The molecule has 0 bridgehead atoms. The average molecular weight is 410 g/mol. The lowest BCUT2D eigenvalue weighted by Gasteiger charge is -2.15. The fraction of sp³-hybridized carbons (Fsp3) is 0.250. The van der Waals surface area contributed by atoms with Crippen molar-refractivity contribution in [1.29, 1.82) is 0 Å². The molecule has 0 N–H and O–H groups in total. The van der Waals surface area contributed by atoms with Crippen LogP contribution >= 0.6 is 31.9 Å². The van der Waals surface area contributed by atoms with Gasteiger partial charge in [0.15, 0.2) is 11.5 Å². The van der Waals surface area contributed by atoms with Gasteiger partial charge in [0.2, 0.25) is 5.75 Å². The second-order valence-electron chi connectivity index (χ2n) is 3.61. The number of hydrogen-bond donors (Lipinski definition) is 0. The molecule has 1 aromatic rings. The van der Waals surface area contributed by atoms with E-state index in [0.29, 0.717) is 8.95 Å². The highest BCUT2D eigenvalue weighted by Gasteiger charge is 2.23. The van der Waals surface area contributed by atoms with Crippen LogP contribution in [0.1, 0.15) is 20.8 Å². The minimum Gasteiger partial charge on any atom is -0.423 e. The van der Waals surface area contributed by atoms with E-state index in [0.717, 1.165) is 0 Å². The van der Waals surface area contributed by atoms with Crippen LogP contribution in [0.3, 0.4) is 0 Å². The van der Waals surface area contributed by atoms with Crippen LogP contribution < -0.4 is 14.2 Å². The monoisotopic (exact) mass is 408 g/mol. The molecule has 0 aliphatic carbocycles. The highest BCUT2D eigenvalue weighted by Crippen LogP contribution is 2.47. The normalized spacial score (nSPS) is 9.85. The van der Waals surface area contributed by atoms with E-state index >= 15 is 0 Å². The molecule has 1 rings (SSSR count). The Morgan fingerprint density at radius 3 is 1.75 bits per heavy atom. The first kappa shape index (κ1) is 16.6. The number of halogens is 2. The van der Waals surface area contributed by atoms with Crippen molar-refractivity contribution in [3.8, 4) is 17.2 Å². The molecule has 0 spiro atoms. The van der Waals surface area contributed by atoms with Crippen LogP contribution in [0.4, 0.5) is 0 Å². The van der Waals surface area contributed by atoms with E-state index < -0.39 is 17.9 Å². The Morgan fingerprint density at radius 1 is 0.850 bits per heavy atom. The molecule has 0 aliphatic rings. The van der Waals surface area contributed by atoms with Crippen molar-refractivity contribution in [3.63, 3.8) is 0 Å². The molecule has 20 heavy (non-hydrogen) atoms. The van der Waals surface area contributed by atoms with Crippen molar-refractivity contribution in [2.45, 2.75) is 20.8 Å². The minimum absolute atomic E-state index is 0.0426. The van der Waals surface area contributed by atoms with Crippen LogP contribution in [0.25, 0.3) is 0 Å². The molecular weight excluding hydrogens is 400 g/mol. The third kappa shape index (κ3) is 4.31. The lowest BCUT2D eigenvalue weighted by molar-refractivity contribution is -0.135. The summed E-state index contributed by atoms with van der Waals surface area (Å²) in [7, 11) is 0. The number of ether oxygens (including phenoxy) is 3. The maximum Gasteiger partial charge on any atom is 0.308 e. The summed E-state index contributed by atoms with van der Waals surface area (Å²) < 4.78 is 15.7. The molecule has 0 fully saturated rings. The number of carbonyl (C=O) groups excluding carboxylic acids is 3. The molecule has 0 aromatic heterocycles. The first-order valence-corrected chi connectivity index (χ1v) is 6.88. The maximum absolute atomic E-state index is 11.2. The summed E-state index contributed by atoms with van der Waals surface area (Å²) in [5.74, 6) is -2.14. The van der Waals surface area contributed by atoms with E-state index in [9.17, 15) is 14.4 Å². The summed E-state index contributed by atoms with van der Waals surface area (Å²) in [4.78, 5) is 33.4. The van der Waals surface area contributed by atoms with Gasteiger partial charge in [-0.25, -0.2) is 0 Å². The van der Waals surface area contributed by atoms with Crippen LogP contribution in [-0.2, 0) is 14.4 Å². The van der Waals surface area contributed by atoms with Crippen LogP contribution in [0.15, 0.2) is 15.0 Å². The quantitative estimate of drug-likeness (QED) is 0.564. The van der Waals surface area contributed by atoms with Crippen LogP contribution in [-0.4, -0.2) is 17.9 Å². The second kappa shape index (κ2) is 6.85. The van der Waals surface area contributed by atoms with Crippen molar-refractivity contribution in [2.24, 2.45) is 0 Å². The van der Waals surface area contributed by atoms with Gasteiger partial charge in [-0.2, -0.15) is 0 Å². The Bertz CT molecular complexity index is 582. The Morgan fingerprint density at radius 2 is 1.30 bits per heavy atom. The standard InChI is InChI=1S/C12H10Br2O6/c1-5(15)18-9-4-8(13)10(14)12(20-7(3)17)11(9)19-6(2)16/h4H,1-3H3. The lowest BCUT2D eigenvalue weighted by atomic mass is 10.3. The third-order valence-electron chi connectivity index (χ3n) is 1.84. The zero-order chi connectivity index (χ0) is 15.4. The van der Waals surface area contributed by atoms with Gasteiger partial charge in [0, 0.05) is 31.3 Å². The molecule has 0 heterocycles. The zero-order valence-electron chi connectivity index (χ0n) is 10.8. The predicted molar refractivity (Wildman–Crippen MR) is 75.8 cm³/mol. The molecule has 108 valence electrons. The summed E-state index contributed by atoms with van der Waals surface area (Å²) >= 11 is 6.40. The SMILES string of the molecule is CC(=O)Oc1cc(Br)c(Br)c(OC(C)=O)c1OC(C)=O. The van der Waals surface area contributed by atoms with Crippen LogP contribution in [0.5, 0.6) is 17.2 Å². The van der Waals surface area contributed by atoms with Crippen molar-refractivity contribution >= 4 is 49.8 Å². The average Bonchev–Trinajstić information content (AvgIpc) is 2.28. The van der Waals surface area contributed by atoms with Gasteiger partial charge in [-0.15, -0.1) is 0 Å². The Kier molecular flexibility index (Phi) is 5.70.